The third kappa shape index (κ3) is 2.88. The first kappa shape index (κ1) is 15.8. The van der Waals surface area contributed by atoms with Crippen LogP contribution in [0.4, 0.5) is 5.82 Å². The molecule has 3 aromatic heterocycles. The second kappa shape index (κ2) is 6.08. The first-order valence-electron chi connectivity index (χ1n) is 8.89. The van der Waals surface area contributed by atoms with E-state index < -0.39 is 0 Å². The molecule has 1 aliphatic carbocycles. The van der Waals surface area contributed by atoms with Gasteiger partial charge in [-0.1, -0.05) is 17.3 Å². The molecule has 0 saturated heterocycles. The van der Waals surface area contributed by atoms with Gasteiger partial charge in [0.15, 0.2) is 0 Å². The number of aromatic nitrogens is 6. The predicted molar refractivity (Wildman–Crippen MR) is 101 cm³/mol. The monoisotopic (exact) mass is 361 g/mol. The number of pyridine rings is 1. The predicted octanol–water partition coefficient (Wildman–Crippen LogP) is 2.66. The van der Waals surface area contributed by atoms with E-state index in [2.05, 4.69) is 20.4 Å². The molecule has 3 heterocycles. The molecular formula is C19H19N7O. The zero-order valence-corrected chi connectivity index (χ0v) is 14.9. The van der Waals surface area contributed by atoms with Crippen LogP contribution in [0.5, 0.6) is 5.75 Å². The van der Waals surface area contributed by atoms with Crippen LogP contribution in [0.3, 0.4) is 0 Å². The molecule has 2 N–H and O–H groups in total. The third-order valence-corrected chi connectivity index (χ3v) is 4.77. The van der Waals surface area contributed by atoms with E-state index in [1.165, 1.54) is 12.8 Å². The zero-order valence-electron chi connectivity index (χ0n) is 14.9. The summed E-state index contributed by atoms with van der Waals surface area (Å²) >= 11 is 0. The average molecular weight is 361 g/mol. The molecule has 0 unspecified atom stereocenters. The summed E-state index contributed by atoms with van der Waals surface area (Å²) in [4.78, 5) is 4.42. The molecule has 1 aliphatic rings. The Bertz CT molecular complexity index is 1130. The second-order valence-electron chi connectivity index (χ2n) is 6.77. The summed E-state index contributed by atoms with van der Waals surface area (Å²) in [5.74, 6) is 1.10. The fourth-order valence-electron chi connectivity index (χ4n) is 3.29. The maximum absolute atomic E-state index is 6.02. The van der Waals surface area contributed by atoms with Crippen molar-refractivity contribution in [3.05, 3.63) is 48.4 Å². The SMILES string of the molecule is COc1cccc2c(-c3cn(Cc4ccn(C5CC5)n4)nn3)cc(N)nc12. The van der Waals surface area contributed by atoms with Crippen molar-refractivity contribution in [1.29, 1.82) is 0 Å². The lowest BCUT2D eigenvalue weighted by atomic mass is 10.1. The molecule has 1 fully saturated rings. The van der Waals surface area contributed by atoms with Crippen LogP contribution in [0.15, 0.2) is 42.7 Å². The number of methoxy groups -OCH3 is 1. The normalized spacial score (nSPS) is 14.0. The van der Waals surface area contributed by atoms with Crippen molar-refractivity contribution >= 4 is 16.7 Å². The fourth-order valence-corrected chi connectivity index (χ4v) is 3.29. The Morgan fingerprint density at radius 2 is 2.15 bits per heavy atom. The number of nitrogens with zero attached hydrogens (tertiary/aromatic N) is 6. The maximum atomic E-state index is 6.02. The van der Waals surface area contributed by atoms with Crippen LogP contribution in [0.25, 0.3) is 22.2 Å². The number of para-hydroxylation sites is 1. The van der Waals surface area contributed by atoms with Crippen LogP contribution in [0, 0.1) is 0 Å². The van der Waals surface area contributed by atoms with Crippen molar-refractivity contribution in [1.82, 2.24) is 29.8 Å². The topological polar surface area (TPSA) is 96.7 Å². The van der Waals surface area contributed by atoms with E-state index in [4.69, 9.17) is 10.5 Å². The van der Waals surface area contributed by atoms with Gasteiger partial charge in [-0.3, -0.25) is 4.68 Å². The van der Waals surface area contributed by atoms with E-state index in [-0.39, 0.29) is 0 Å². The van der Waals surface area contributed by atoms with E-state index in [0.717, 1.165) is 22.3 Å². The number of nitrogen functional groups attached to an aromatic ring is 1. The number of hydrogen-bond donors (Lipinski definition) is 1. The van der Waals surface area contributed by atoms with E-state index in [0.29, 0.717) is 29.7 Å². The molecule has 27 heavy (non-hydrogen) atoms. The number of nitrogens with two attached hydrogens (primary N) is 1. The Balaban J connectivity index is 1.50. The molecule has 8 nitrogen and oxygen atoms in total. The lowest BCUT2D eigenvalue weighted by molar-refractivity contribution is 0.419. The highest BCUT2D eigenvalue weighted by atomic mass is 16.5. The van der Waals surface area contributed by atoms with Gasteiger partial charge in [-0.15, -0.1) is 5.10 Å². The highest BCUT2D eigenvalue weighted by molar-refractivity contribution is 5.97. The molecule has 0 bridgehead atoms. The number of hydrogen-bond acceptors (Lipinski definition) is 6. The Hall–Kier alpha value is -3.42. The minimum Gasteiger partial charge on any atom is -0.494 e. The van der Waals surface area contributed by atoms with Crippen LogP contribution < -0.4 is 10.5 Å². The van der Waals surface area contributed by atoms with Gasteiger partial charge in [-0.05, 0) is 31.0 Å². The number of benzene rings is 1. The molecule has 0 amide bonds. The molecular weight excluding hydrogens is 342 g/mol. The highest BCUT2D eigenvalue weighted by Crippen LogP contribution is 2.34. The first-order chi connectivity index (χ1) is 13.2. The fraction of sp³-hybridized carbons (Fsp3) is 0.263. The molecule has 0 spiro atoms. The van der Waals surface area contributed by atoms with Gasteiger partial charge in [0.1, 0.15) is 22.8 Å². The molecule has 5 rings (SSSR count). The highest BCUT2D eigenvalue weighted by Gasteiger charge is 2.24. The average Bonchev–Trinajstić information content (AvgIpc) is 3.25. The van der Waals surface area contributed by atoms with Crippen molar-refractivity contribution in [2.75, 3.05) is 12.8 Å². The molecule has 1 saturated carbocycles. The van der Waals surface area contributed by atoms with Gasteiger partial charge >= 0.3 is 0 Å². The van der Waals surface area contributed by atoms with Gasteiger partial charge in [0.25, 0.3) is 0 Å². The minimum atomic E-state index is 0.416. The van der Waals surface area contributed by atoms with Gasteiger partial charge in [-0.25, -0.2) is 9.67 Å². The van der Waals surface area contributed by atoms with Gasteiger partial charge in [0.05, 0.1) is 31.6 Å². The number of fused-ring (bicyclic) bond motifs is 1. The molecule has 0 radical (unpaired) electrons. The summed E-state index contributed by atoms with van der Waals surface area (Å²) in [6, 6.07) is 10.2. The Labute approximate surface area is 155 Å². The third-order valence-electron chi connectivity index (χ3n) is 4.77. The Morgan fingerprint density at radius 1 is 1.26 bits per heavy atom. The first-order valence-corrected chi connectivity index (χ1v) is 8.89. The number of anilines is 1. The summed E-state index contributed by atoms with van der Waals surface area (Å²) in [6.07, 6.45) is 6.38. The Kier molecular flexibility index (Phi) is 3.56. The van der Waals surface area contributed by atoms with Crippen LogP contribution in [-0.4, -0.2) is 36.9 Å². The van der Waals surface area contributed by atoms with Gasteiger partial charge in [-0.2, -0.15) is 5.10 Å². The standard InChI is InChI=1S/C19H19N7O/c1-27-17-4-2-3-14-15(9-18(20)21-19(14)17)16-11-25(24-22-16)10-12-7-8-26(23-12)13-5-6-13/h2-4,7-9,11,13H,5-6,10H2,1H3,(H2,20,21). The van der Waals surface area contributed by atoms with Crippen molar-refractivity contribution in [3.63, 3.8) is 0 Å². The van der Waals surface area contributed by atoms with Gasteiger partial charge in [0, 0.05) is 17.1 Å². The summed E-state index contributed by atoms with van der Waals surface area (Å²) in [6.45, 7) is 0.578. The number of ether oxygens (including phenoxy) is 1. The summed E-state index contributed by atoms with van der Waals surface area (Å²) in [5, 5.41) is 14.1. The van der Waals surface area contributed by atoms with Gasteiger partial charge in [0.2, 0.25) is 0 Å². The minimum absolute atomic E-state index is 0.416. The van der Waals surface area contributed by atoms with Crippen molar-refractivity contribution in [2.24, 2.45) is 0 Å². The van der Waals surface area contributed by atoms with Crippen LogP contribution in [0.1, 0.15) is 24.6 Å². The van der Waals surface area contributed by atoms with E-state index in [9.17, 15) is 0 Å². The maximum Gasteiger partial charge on any atom is 0.145 e. The van der Waals surface area contributed by atoms with E-state index >= 15 is 0 Å². The lowest BCUT2D eigenvalue weighted by Crippen LogP contribution is -2.02. The summed E-state index contributed by atoms with van der Waals surface area (Å²) < 4.78 is 9.24. The van der Waals surface area contributed by atoms with Crippen molar-refractivity contribution < 1.29 is 4.74 Å². The van der Waals surface area contributed by atoms with Crippen LogP contribution >= 0.6 is 0 Å². The molecule has 0 aliphatic heterocycles. The lowest BCUT2D eigenvalue weighted by Gasteiger charge is -2.08. The van der Waals surface area contributed by atoms with E-state index in [1.807, 2.05) is 47.4 Å². The van der Waals surface area contributed by atoms with Crippen molar-refractivity contribution in [2.45, 2.75) is 25.4 Å². The quantitative estimate of drug-likeness (QED) is 0.587. The summed E-state index contributed by atoms with van der Waals surface area (Å²) in [7, 11) is 1.62. The van der Waals surface area contributed by atoms with Crippen LogP contribution in [0.2, 0.25) is 0 Å². The smallest absolute Gasteiger partial charge is 0.145 e. The number of rotatable bonds is 5. The van der Waals surface area contributed by atoms with E-state index in [1.54, 1.807) is 11.8 Å². The molecule has 136 valence electrons. The molecule has 8 heteroatoms. The van der Waals surface area contributed by atoms with Gasteiger partial charge < -0.3 is 10.5 Å². The van der Waals surface area contributed by atoms with Crippen molar-refractivity contribution in [3.8, 4) is 17.0 Å². The molecule has 1 aromatic carbocycles. The zero-order chi connectivity index (χ0) is 18.4. The molecule has 4 aromatic rings. The Morgan fingerprint density at radius 3 is 2.96 bits per heavy atom. The largest absolute Gasteiger partial charge is 0.494 e. The molecule has 0 atom stereocenters. The summed E-state index contributed by atoms with van der Waals surface area (Å²) in [5.41, 5.74) is 9.33. The second-order valence-corrected chi connectivity index (χ2v) is 6.77. The van der Waals surface area contributed by atoms with Crippen LogP contribution in [-0.2, 0) is 6.54 Å².